The second kappa shape index (κ2) is 5.06. The van der Waals surface area contributed by atoms with Crippen LogP contribution in [0.5, 0.6) is 0 Å². The van der Waals surface area contributed by atoms with E-state index in [1.807, 2.05) is 24.3 Å². The average Bonchev–Trinajstić information content (AvgIpc) is 2.82. The van der Waals surface area contributed by atoms with Gasteiger partial charge in [0, 0.05) is 16.8 Å². The molecule has 0 bridgehead atoms. The molecular weight excluding hydrogens is 263 g/mol. The van der Waals surface area contributed by atoms with Crippen LogP contribution in [0.1, 0.15) is 31.0 Å². The van der Waals surface area contributed by atoms with E-state index in [2.05, 4.69) is 24.5 Å². The third kappa shape index (κ3) is 2.09. The van der Waals surface area contributed by atoms with E-state index in [1.54, 1.807) is 12.1 Å². The van der Waals surface area contributed by atoms with Gasteiger partial charge >= 0.3 is 0 Å². The van der Waals surface area contributed by atoms with Crippen LogP contribution in [0.15, 0.2) is 48.5 Å². The standard InChI is InChI=1S/C18H15FN2/c1-12(2)18-16(11-20)15-5-3-4-6-17(15)21(18)14-9-7-13(19)8-10-14/h3-10,12H,1-2H3. The lowest BCUT2D eigenvalue weighted by molar-refractivity contribution is 0.627. The zero-order valence-corrected chi connectivity index (χ0v) is 12.0. The molecule has 2 aromatic carbocycles. The van der Waals surface area contributed by atoms with E-state index in [-0.39, 0.29) is 11.7 Å². The van der Waals surface area contributed by atoms with E-state index in [4.69, 9.17) is 0 Å². The maximum Gasteiger partial charge on any atom is 0.123 e. The average molecular weight is 278 g/mol. The molecule has 0 spiro atoms. The quantitative estimate of drug-likeness (QED) is 0.664. The summed E-state index contributed by atoms with van der Waals surface area (Å²) < 4.78 is 15.2. The van der Waals surface area contributed by atoms with Crippen LogP contribution in [0.25, 0.3) is 16.6 Å². The summed E-state index contributed by atoms with van der Waals surface area (Å²) in [6, 6.07) is 16.5. The fraction of sp³-hybridized carbons (Fsp3) is 0.167. The molecule has 0 saturated carbocycles. The lowest BCUT2D eigenvalue weighted by Crippen LogP contribution is -2.03. The van der Waals surface area contributed by atoms with Crippen molar-refractivity contribution in [1.29, 1.82) is 5.26 Å². The highest BCUT2D eigenvalue weighted by atomic mass is 19.1. The van der Waals surface area contributed by atoms with Gasteiger partial charge in [0.1, 0.15) is 11.9 Å². The van der Waals surface area contributed by atoms with Crippen molar-refractivity contribution in [2.45, 2.75) is 19.8 Å². The van der Waals surface area contributed by atoms with Crippen LogP contribution in [-0.2, 0) is 0 Å². The van der Waals surface area contributed by atoms with Crippen LogP contribution >= 0.6 is 0 Å². The van der Waals surface area contributed by atoms with Gasteiger partial charge in [0.25, 0.3) is 0 Å². The molecule has 0 radical (unpaired) electrons. The molecule has 0 saturated heterocycles. The molecule has 3 aromatic rings. The molecule has 0 aliphatic carbocycles. The number of para-hydroxylation sites is 1. The monoisotopic (exact) mass is 278 g/mol. The molecule has 0 aliphatic heterocycles. The van der Waals surface area contributed by atoms with Crippen molar-refractivity contribution in [3.8, 4) is 11.8 Å². The summed E-state index contributed by atoms with van der Waals surface area (Å²) in [5.74, 6) is -0.0704. The van der Waals surface area contributed by atoms with Crippen molar-refractivity contribution in [3.05, 3.63) is 65.6 Å². The van der Waals surface area contributed by atoms with E-state index >= 15 is 0 Å². The van der Waals surface area contributed by atoms with Crippen LogP contribution < -0.4 is 0 Å². The summed E-state index contributed by atoms with van der Waals surface area (Å²) in [7, 11) is 0. The van der Waals surface area contributed by atoms with Crippen LogP contribution in [0.3, 0.4) is 0 Å². The topological polar surface area (TPSA) is 28.7 Å². The summed E-state index contributed by atoms with van der Waals surface area (Å²) in [5.41, 5.74) is 3.51. The number of rotatable bonds is 2. The van der Waals surface area contributed by atoms with Gasteiger partial charge < -0.3 is 4.57 Å². The Labute approximate surface area is 123 Å². The van der Waals surface area contributed by atoms with Gasteiger partial charge in [-0.05, 0) is 36.2 Å². The normalized spacial score (nSPS) is 11.0. The predicted molar refractivity (Wildman–Crippen MR) is 82.0 cm³/mol. The highest BCUT2D eigenvalue weighted by Crippen LogP contribution is 2.33. The fourth-order valence-electron chi connectivity index (χ4n) is 2.79. The first-order valence-electron chi connectivity index (χ1n) is 6.93. The molecule has 0 N–H and O–H groups in total. The van der Waals surface area contributed by atoms with Crippen LogP contribution in [0.4, 0.5) is 4.39 Å². The largest absolute Gasteiger partial charge is 0.312 e. The Morgan fingerprint density at radius 3 is 2.33 bits per heavy atom. The fourth-order valence-corrected chi connectivity index (χ4v) is 2.79. The second-order valence-corrected chi connectivity index (χ2v) is 5.36. The van der Waals surface area contributed by atoms with Crippen molar-refractivity contribution in [3.63, 3.8) is 0 Å². The SMILES string of the molecule is CC(C)c1c(C#N)c2ccccc2n1-c1ccc(F)cc1. The van der Waals surface area contributed by atoms with E-state index in [1.165, 1.54) is 12.1 Å². The zero-order chi connectivity index (χ0) is 15.0. The maximum atomic E-state index is 13.2. The minimum absolute atomic E-state index is 0.192. The van der Waals surface area contributed by atoms with Crippen molar-refractivity contribution in [2.24, 2.45) is 0 Å². The Hall–Kier alpha value is -2.60. The van der Waals surface area contributed by atoms with E-state index in [0.29, 0.717) is 5.56 Å². The van der Waals surface area contributed by atoms with Gasteiger partial charge in [-0.3, -0.25) is 0 Å². The zero-order valence-electron chi connectivity index (χ0n) is 12.0. The summed E-state index contributed by atoms with van der Waals surface area (Å²) >= 11 is 0. The Kier molecular flexibility index (Phi) is 3.23. The number of nitriles is 1. The number of halogens is 1. The number of nitrogens with zero attached hydrogens (tertiary/aromatic N) is 2. The lowest BCUT2D eigenvalue weighted by atomic mass is 10.0. The van der Waals surface area contributed by atoms with E-state index in [0.717, 1.165) is 22.3 Å². The second-order valence-electron chi connectivity index (χ2n) is 5.36. The number of hydrogen-bond donors (Lipinski definition) is 0. The Morgan fingerprint density at radius 2 is 1.71 bits per heavy atom. The first kappa shape index (κ1) is 13.4. The lowest BCUT2D eigenvalue weighted by Gasteiger charge is -2.13. The predicted octanol–water partition coefficient (Wildman–Crippen LogP) is 4.76. The maximum absolute atomic E-state index is 13.2. The van der Waals surface area contributed by atoms with Gasteiger partial charge in [-0.25, -0.2) is 4.39 Å². The van der Waals surface area contributed by atoms with Gasteiger partial charge in [0.05, 0.1) is 11.1 Å². The minimum Gasteiger partial charge on any atom is -0.312 e. The molecule has 0 fully saturated rings. The van der Waals surface area contributed by atoms with Gasteiger partial charge in [-0.1, -0.05) is 32.0 Å². The van der Waals surface area contributed by atoms with E-state index in [9.17, 15) is 9.65 Å². The van der Waals surface area contributed by atoms with E-state index < -0.39 is 0 Å². The number of benzene rings is 2. The highest BCUT2D eigenvalue weighted by Gasteiger charge is 2.20. The van der Waals surface area contributed by atoms with Gasteiger partial charge in [0.2, 0.25) is 0 Å². The molecule has 0 atom stereocenters. The molecule has 3 rings (SSSR count). The van der Waals surface area contributed by atoms with Gasteiger partial charge in [0.15, 0.2) is 0 Å². The molecular formula is C18H15FN2. The smallest absolute Gasteiger partial charge is 0.123 e. The molecule has 104 valence electrons. The van der Waals surface area contributed by atoms with Gasteiger partial charge in [-0.15, -0.1) is 0 Å². The third-order valence-electron chi connectivity index (χ3n) is 3.65. The van der Waals surface area contributed by atoms with Crippen molar-refractivity contribution in [1.82, 2.24) is 4.57 Å². The molecule has 2 nitrogen and oxygen atoms in total. The Morgan fingerprint density at radius 1 is 1.05 bits per heavy atom. The molecule has 1 aromatic heterocycles. The number of aromatic nitrogens is 1. The molecule has 0 amide bonds. The van der Waals surface area contributed by atoms with Crippen LogP contribution in [-0.4, -0.2) is 4.57 Å². The molecule has 3 heteroatoms. The molecule has 0 aliphatic rings. The summed E-state index contributed by atoms with van der Waals surface area (Å²) in [6.07, 6.45) is 0. The van der Waals surface area contributed by atoms with Gasteiger partial charge in [-0.2, -0.15) is 5.26 Å². The molecule has 21 heavy (non-hydrogen) atoms. The number of hydrogen-bond acceptors (Lipinski definition) is 1. The van der Waals surface area contributed by atoms with Crippen molar-refractivity contribution in [2.75, 3.05) is 0 Å². The molecule has 0 unspecified atom stereocenters. The van der Waals surface area contributed by atoms with Crippen molar-refractivity contribution >= 4 is 10.9 Å². The third-order valence-corrected chi connectivity index (χ3v) is 3.65. The molecule has 1 heterocycles. The Balaban J connectivity index is 2.43. The van der Waals surface area contributed by atoms with Crippen LogP contribution in [0, 0.1) is 17.1 Å². The summed E-state index contributed by atoms with van der Waals surface area (Å²) in [6.45, 7) is 4.13. The Bertz CT molecular complexity index is 836. The summed E-state index contributed by atoms with van der Waals surface area (Å²) in [5, 5.41) is 10.5. The minimum atomic E-state index is -0.262. The number of fused-ring (bicyclic) bond motifs is 1. The first-order chi connectivity index (χ1) is 10.1. The van der Waals surface area contributed by atoms with Crippen LogP contribution in [0.2, 0.25) is 0 Å². The highest BCUT2D eigenvalue weighted by molar-refractivity contribution is 5.90. The summed E-state index contributed by atoms with van der Waals surface area (Å²) in [4.78, 5) is 0. The first-order valence-corrected chi connectivity index (χ1v) is 6.93. The van der Waals surface area contributed by atoms with Crippen molar-refractivity contribution < 1.29 is 4.39 Å².